The Hall–Kier alpha value is -3.09. The van der Waals surface area contributed by atoms with Gasteiger partial charge in [-0.25, -0.2) is 4.98 Å². The van der Waals surface area contributed by atoms with Crippen molar-refractivity contribution in [1.29, 1.82) is 5.26 Å². The Balaban J connectivity index is 1.61. The fourth-order valence-electron chi connectivity index (χ4n) is 3.29. The van der Waals surface area contributed by atoms with E-state index in [9.17, 15) is 4.79 Å². The maximum atomic E-state index is 13.0. The molecule has 1 aliphatic carbocycles. The zero-order chi connectivity index (χ0) is 21.3. The SMILES string of the molecule is COc1cnc(Cl)cc1-c1cc(C)ncc1C(=O)Nc1nnc([C@H]2C[C@H](C#N)C2)s1. The first-order valence-electron chi connectivity index (χ1n) is 9.19. The number of hydrogen-bond donors (Lipinski definition) is 1. The molecular weight excluding hydrogens is 424 g/mol. The maximum absolute atomic E-state index is 13.0. The standard InChI is InChI=1S/C20H17ClN6O2S/c1-10-3-13(14-6-17(21)24-9-16(14)29-2)15(8-23-10)18(28)25-20-27-26-19(30-20)12-4-11(5-12)7-22/h3,6,8-9,11-12H,4-5H2,1-2H3,(H,25,27,28)/t11-,12-. The molecule has 0 bridgehead atoms. The van der Waals surface area contributed by atoms with E-state index in [-0.39, 0.29) is 22.9 Å². The minimum Gasteiger partial charge on any atom is -0.494 e. The zero-order valence-corrected chi connectivity index (χ0v) is 17.8. The van der Waals surface area contributed by atoms with Crippen LogP contribution in [-0.2, 0) is 0 Å². The molecule has 30 heavy (non-hydrogen) atoms. The predicted octanol–water partition coefficient (Wildman–Crippen LogP) is 4.24. The fourth-order valence-corrected chi connectivity index (χ4v) is 4.32. The summed E-state index contributed by atoms with van der Waals surface area (Å²) in [5, 5.41) is 21.5. The molecule has 1 N–H and O–H groups in total. The summed E-state index contributed by atoms with van der Waals surface area (Å²) in [7, 11) is 1.53. The molecule has 0 aliphatic heterocycles. The van der Waals surface area contributed by atoms with Gasteiger partial charge in [0.2, 0.25) is 5.13 Å². The smallest absolute Gasteiger partial charge is 0.259 e. The van der Waals surface area contributed by atoms with Gasteiger partial charge in [0, 0.05) is 34.9 Å². The van der Waals surface area contributed by atoms with Crippen LogP contribution in [0.1, 0.15) is 39.8 Å². The van der Waals surface area contributed by atoms with Gasteiger partial charge in [-0.05, 0) is 31.9 Å². The van der Waals surface area contributed by atoms with Crippen molar-refractivity contribution >= 4 is 34.0 Å². The van der Waals surface area contributed by atoms with Crippen molar-refractivity contribution in [2.75, 3.05) is 12.4 Å². The second kappa shape index (κ2) is 8.34. The minimum absolute atomic E-state index is 0.0836. The quantitative estimate of drug-likeness (QED) is 0.590. The zero-order valence-electron chi connectivity index (χ0n) is 16.2. The molecule has 152 valence electrons. The lowest BCUT2D eigenvalue weighted by atomic mass is 9.76. The van der Waals surface area contributed by atoms with E-state index in [2.05, 4.69) is 31.6 Å². The Labute approximate surface area is 181 Å². The van der Waals surface area contributed by atoms with Gasteiger partial charge in [-0.15, -0.1) is 10.2 Å². The number of carbonyl (C=O) groups is 1. The van der Waals surface area contributed by atoms with E-state index in [1.165, 1.54) is 30.8 Å². The molecule has 0 spiro atoms. The number of amides is 1. The third-order valence-corrected chi connectivity index (χ3v) is 6.17. The van der Waals surface area contributed by atoms with E-state index in [1.807, 2.05) is 6.92 Å². The van der Waals surface area contributed by atoms with Crippen LogP contribution in [0, 0.1) is 24.2 Å². The molecule has 1 fully saturated rings. The highest BCUT2D eigenvalue weighted by atomic mass is 35.5. The van der Waals surface area contributed by atoms with Crippen molar-refractivity contribution in [3.63, 3.8) is 0 Å². The molecule has 4 rings (SSSR count). The van der Waals surface area contributed by atoms with Crippen molar-refractivity contribution in [2.45, 2.75) is 25.7 Å². The highest BCUT2D eigenvalue weighted by Crippen LogP contribution is 2.42. The van der Waals surface area contributed by atoms with Crippen LogP contribution >= 0.6 is 22.9 Å². The van der Waals surface area contributed by atoms with Gasteiger partial charge in [-0.3, -0.25) is 15.1 Å². The fraction of sp³-hybridized carbons (Fsp3) is 0.300. The lowest BCUT2D eigenvalue weighted by molar-refractivity contribution is 0.102. The van der Waals surface area contributed by atoms with Crippen molar-refractivity contribution in [3.05, 3.63) is 45.9 Å². The van der Waals surface area contributed by atoms with Gasteiger partial charge in [0.25, 0.3) is 5.91 Å². The number of rotatable bonds is 5. The molecule has 0 aromatic carbocycles. The van der Waals surface area contributed by atoms with E-state index in [1.54, 1.807) is 12.1 Å². The average molecular weight is 441 g/mol. The summed E-state index contributed by atoms with van der Waals surface area (Å²) in [6.07, 6.45) is 4.60. The van der Waals surface area contributed by atoms with Gasteiger partial charge in [0.05, 0.1) is 24.9 Å². The normalized spacial score (nSPS) is 17.7. The summed E-state index contributed by atoms with van der Waals surface area (Å²) in [5.74, 6) is 0.450. The molecule has 0 atom stereocenters. The Kier molecular flexibility index (Phi) is 5.61. The third-order valence-electron chi connectivity index (χ3n) is 4.96. The molecule has 1 saturated carbocycles. The first-order valence-corrected chi connectivity index (χ1v) is 10.4. The molecule has 3 heterocycles. The summed E-state index contributed by atoms with van der Waals surface area (Å²) in [5.41, 5.74) is 2.36. The van der Waals surface area contributed by atoms with Crippen LogP contribution in [0.4, 0.5) is 5.13 Å². The van der Waals surface area contributed by atoms with Crippen LogP contribution in [0.3, 0.4) is 0 Å². The van der Waals surface area contributed by atoms with E-state index in [0.717, 1.165) is 23.5 Å². The van der Waals surface area contributed by atoms with Crippen LogP contribution < -0.4 is 10.1 Å². The van der Waals surface area contributed by atoms with E-state index in [0.29, 0.717) is 27.6 Å². The molecule has 1 aliphatic rings. The predicted molar refractivity (Wildman–Crippen MR) is 113 cm³/mol. The number of ether oxygens (including phenoxy) is 1. The van der Waals surface area contributed by atoms with Crippen molar-refractivity contribution in [3.8, 4) is 22.9 Å². The lowest BCUT2D eigenvalue weighted by Gasteiger charge is -2.27. The Bertz CT molecular complexity index is 1150. The molecule has 8 nitrogen and oxygen atoms in total. The second-order valence-electron chi connectivity index (χ2n) is 6.97. The lowest BCUT2D eigenvalue weighted by Crippen LogP contribution is -2.19. The van der Waals surface area contributed by atoms with Crippen LogP contribution in [0.15, 0.2) is 24.5 Å². The maximum Gasteiger partial charge on any atom is 0.259 e. The Morgan fingerprint density at radius 3 is 2.80 bits per heavy atom. The number of pyridine rings is 2. The number of nitriles is 1. The highest BCUT2D eigenvalue weighted by Gasteiger charge is 2.33. The highest BCUT2D eigenvalue weighted by molar-refractivity contribution is 7.15. The van der Waals surface area contributed by atoms with Gasteiger partial charge >= 0.3 is 0 Å². The number of nitrogens with one attached hydrogen (secondary N) is 1. The van der Waals surface area contributed by atoms with Gasteiger partial charge in [0.1, 0.15) is 15.9 Å². The Morgan fingerprint density at radius 1 is 1.27 bits per heavy atom. The van der Waals surface area contributed by atoms with Crippen molar-refractivity contribution < 1.29 is 9.53 Å². The van der Waals surface area contributed by atoms with Crippen LogP contribution in [0.2, 0.25) is 5.15 Å². The van der Waals surface area contributed by atoms with Gasteiger partial charge in [0.15, 0.2) is 0 Å². The monoisotopic (exact) mass is 440 g/mol. The van der Waals surface area contributed by atoms with E-state index < -0.39 is 0 Å². The number of nitrogens with zero attached hydrogens (tertiary/aromatic N) is 5. The Morgan fingerprint density at radius 2 is 2.07 bits per heavy atom. The van der Waals surface area contributed by atoms with Crippen molar-refractivity contribution in [1.82, 2.24) is 20.2 Å². The number of carbonyl (C=O) groups excluding carboxylic acids is 1. The number of aryl methyl sites for hydroxylation is 1. The summed E-state index contributed by atoms with van der Waals surface area (Å²) < 4.78 is 5.40. The molecule has 0 unspecified atom stereocenters. The topological polar surface area (TPSA) is 114 Å². The summed E-state index contributed by atoms with van der Waals surface area (Å²) >= 11 is 7.41. The third kappa shape index (κ3) is 3.97. The second-order valence-corrected chi connectivity index (χ2v) is 8.37. The first kappa shape index (κ1) is 20.2. The molecule has 3 aromatic heterocycles. The number of aromatic nitrogens is 4. The van der Waals surface area contributed by atoms with Gasteiger partial charge in [-0.2, -0.15) is 5.26 Å². The molecule has 1 amide bonds. The molecule has 0 saturated heterocycles. The van der Waals surface area contributed by atoms with Crippen LogP contribution in [0.25, 0.3) is 11.1 Å². The number of halogens is 1. The summed E-state index contributed by atoms with van der Waals surface area (Å²) in [6.45, 7) is 1.84. The van der Waals surface area contributed by atoms with E-state index in [4.69, 9.17) is 21.6 Å². The van der Waals surface area contributed by atoms with Gasteiger partial charge < -0.3 is 4.74 Å². The van der Waals surface area contributed by atoms with Crippen LogP contribution in [0.5, 0.6) is 5.75 Å². The summed E-state index contributed by atoms with van der Waals surface area (Å²) in [6, 6.07) is 5.70. The number of methoxy groups -OCH3 is 1. The van der Waals surface area contributed by atoms with Crippen molar-refractivity contribution in [2.24, 2.45) is 5.92 Å². The summed E-state index contributed by atoms with van der Waals surface area (Å²) in [4.78, 5) is 21.3. The number of hydrogen-bond acceptors (Lipinski definition) is 8. The first-order chi connectivity index (χ1) is 14.5. The molecule has 10 heteroatoms. The van der Waals surface area contributed by atoms with E-state index >= 15 is 0 Å². The molecular formula is C20H17ClN6O2S. The largest absolute Gasteiger partial charge is 0.494 e. The van der Waals surface area contributed by atoms with Crippen LogP contribution in [-0.4, -0.2) is 33.2 Å². The minimum atomic E-state index is -0.362. The average Bonchev–Trinajstić information content (AvgIpc) is 3.14. The molecule has 3 aromatic rings. The number of anilines is 1. The molecule has 0 radical (unpaired) electrons. The van der Waals surface area contributed by atoms with Gasteiger partial charge in [-0.1, -0.05) is 22.9 Å².